The molecule has 44 heavy (non-hydrogen) atoms. The van der Waals surface area contributed by atoms with Gasteiger partial charge in [-0.05, 0) is 71.0 Å². The minimum absolute atomic E-state index is 0.269. The zero-order valence-corrected chi connectivity index (χ0v) is 27.1. The molecule has 3 aromatic carbocycles. The predicted octanol–water partition coefficient (Wildman–Crippen LogP) is 11.5. The second-order valence-electron chi connectivity index (χ2n) is 11.7. The molecule has 0 spiro atoms. The van der Waals surface area contributed by atoms with Crippen molar-refractivity contribution in [3.63, 3.8) is 0 Å². The molecule has 4 heteroatoms. The summed E-state index contributed by atoms with van der Waals surface area (Å²) in [7, 11) is 0. The lowest BCUT2D eigenvalue weighted by Gasteiger charge is -2.11. The third-order valence-corrected chi connectivity index (χ3v) is 8.12. The Balaban J connectivity index is 1.50. The Hall–Kier alpha value is -3.66. The maximum Gasteiger partial charge on any atom is 0.338 e. The van der Waals surface area contributed by atoms with Gasteiger partial charge in [-0.1, -0.05) is 140 Å². The zero-order chi connectivity index (χ0) is 31.4. The number of unbranched alkanes of at least 4 members (excludes halogenated alkanes) is 12. The molecular formula is C40H52O4. The molecule has 0 aliphatic heterocycles. The first-order valence-electron chi connectivity index (χ1n) is 16.9. The number of rotatable bonds is 21. The maximum absolute atomic E-state index is 12.5. The van der Waals surface area contributed by atoms with Gasteiger partial charge < -0.3 is 9.47 Å². The molecule has 0 saturated heterocycles. The Labute approximate surface area is 265 Å². The van der Waals surface area contributed by atoms with Gasteiger partial charge in [0, 0.05) is 0 Å². The summed E-state index contributed by atoms with van der Waals surface area (Å²) in [5, 5.41) is 0. The van der Waals surface area contributed by atoms with E-state index in [4.69, 9.17) is 9.47 Å². The van der Waals surface area contributed by atoms with Crippen molar-refractivity contribution in [2.24, 2.45) is 0 Å². The van der Waals surface area contributed by atoms with E-state index in [2.05, 4.69) is 38.6 Å². The van der Waals surface area contributed by atoms with Gasteiger partial charge in [-0.25, -0.2) is 9.59 Å². The molecule has 0 unspecified atom stereocenters. The van der Waals surface area contributed by atoms with Crippen LogP contribution in [0.4, 0.5) is 0 Å². The molecule has 0 aromatic heterocycles. The van der Waals surface area contributed by atoms with E-state index < -0.39 is 0 Å². The van der Waals surface area contributed by atoms with Gasteiger partial charge in [0.2, 0.25) is 0 Å². The van der Waals surface area contributed by atoms with Gasteiger partial charge in [-0.3, -0.25) is 0 Å². The van der Waals surface area contributed by atoms with Crippen molar-refractivity contribution >= 4 is 18.0 Å². The molecular weight excluding hydrogens is 544 g/mol. The van der Waals surface area contributed by atoms with Crippen molar-refractivity contribution in [3.8, 4) is 22.3 Å². The molecule has 4 nitrogen and oxygen atoms in total. The molecule has 0 heterocycles. The molecule has 0 radical (unpaired) electrons. The second-order valence-corrected chi connectivity index (χ2v) is 11.7. The van der Waals surface area contributed by atoms with Gasteiger partial charge in [0.15, 0.2) is 0 Å². The summed E-state index contributed by atoms with van der Waals surface area (Å²) in [4.78, 5) is 25.0. The van der Waals surface area contributed by atoms with Crippen LogP contribution in [0.15, 0.2) is 73.3 Å². The lowest BCUT2D eigenvalue weighted by molar-refractivity contribution is 0.0488. The van der Waals surface area contributed by atoms with E-state index in [0.29, 0.717) is 24.3 Å². The number of carbonyl (C=O) groups is 2. The highest BCUT2D eigenvalue weighted by Crippen LogP contribution is 2.30. The lowest BCUT2D eigenvalue weighted by Crippen LogP contribution is -2.06. The van der Waals surface area contributed by atoms with Crippen LogP contribution in [-0.4, -0.2) is 25.2 Å². The average molecular weight is 597 g/mol. The molecule has 0 bridgehead atoms. The van der Waals surface area contributed by atoms with Crippen LogP contribution >= 0.6 is 0 Å². The quantitative estimate of drug-likeness (QED) is 0.0906. The van der Waals surface area contributed by atoms with Gasteiger partial charge >= 0.3 is 11.9 Å². The summed E-state index contributed by atoms with van der Waals surface area (Å²) < 4.78 is 11.0. The summed E-state index contributed by atoms with van der Waals surface area (Å²) in [5.41, 5.74) is 6.23. The fourth-order valence-electron chi connectivity index (χ4n) is 5.37. The number of carbonyl (C=O) groups excluding carboxylic acids is 2. The topological polar surface area (TPSA) is 52.6 Å². The minimum atomic E-state index is -0.271. The van der Waals surface area contributed by atoms with E-state index in [9.17, 15) is 9.59 Å². The Morgan fingerprint density at radius 2 is 0.955 bits per heavy atom. The fraction of sp³-hybridized carbons (Fsp3) is 0.450. The summed E-state index contributed by atoms with van der Waals surface area (Å²) >= 11 is 0. The normalized spacial score (nSPS) is 10.9. The van der Waals surface area contributed by atoms with Gasteiger partial charge in [-0.15, -0.1) is 0 Å². The van der Waals surface area contributed by atoms with Crippen molar-refractivity contribution in [1.82, 2.24) is 0 Å². The third kappa shape index (κ3) is 11.8. The van der Waals surface area contributed by atoms with E-state index >= 15 is 0 Å². The third-order valence-electron chi connectivity index (χ3n) is 8.12. The molecule has 0 fully saturated rings. The van der Waals surface area contributed by atoms with E-state index in [-0.39, 0.29) is 11.9 Å². The summed E-state index contributed by atoms with van der Waals surface area (Å²) in [6.07, 6.45) is 18.5. The molecule has 0 aliphatic rings. The monoisotopic (exact) mass is 596 g/mol. The molecule has 0 N–H and O–H groups in total. The summed E-state index contributed by atoms with van der Waals surface area (Å²) in [5.74, 6) is -0.540. The second kappa shape index (κ2) is 20.3. The SMILES string of the molecule is C=Cc1cc(-c2ccc(C(=O)OCCCCCCCCC)cc2)ccc1-c1ccc(C(=O)OCCCCCCCCC)cc1. The summed E-state index contributed by atoms with van der Waals surface area (Å²) in [6, 6.07) is 21.4. The molecule has 3 rings (SSSR count). The molecule has 236 valence electrons. The molecule has 0 saturated carbocycles. The van der Waals surface area contributed by atoms with Crippen molar-refractivity contribution in [1.29, 1.82) is 0 Å². The Bertz CT molecular complexity index is 1270. The van der Waals surface area contributed by atoms with Crippen molar-refractivity contribution in [2.45, 2.75) is 104 Å². The van der Waals surface area contributed by atoms with Crippen LogP contribution in [0.2, 0.25) is 0 Å². The van der Waals surface area contributed by atoms with Crippen LogP contribution in [0.25, 0.3) is 28.3 Å². The van der Waals surface area contributed by atoms with Crippen LogP contribution < -0.4 is 0 Å². The minimum Gasteiger partial charge on any atom is -0.462 e. The number of hydrogen-bond acceptors (Lipinski definition) is 4. The molecule has 0 amide bonds. The molecule has 0 aliphatic carbocycles. The highest BCUT2D eigenvalue weighted by Gasteiger charge is 2.11. The van der Waals surface area contributed by atoms with Gasteiger partial charge in [0.25, 0.3) is 0 Å². The zero-order valence-electron chi connectivity index (χ0n) is 27.1. The van der Waals surface area contributed by atoms with Crippen LogP contribution in [-0.2, 0) is 9.47 Å². The van der Waals surface area contributed by atoms with Crippen molar-refractivity contribution in [2.75, 3.05) is 13.2 Å². The van der Waals surface area contributed by atoms with E-state index in [1.807, 2.05) is 54.6 Å². The summed E-state index contributed by atoms with van der Waals surface area (Å²) in [6.45, 7) is 9.42. The fourth-order valence-corrected chi connectivity index (χ4v) is 5.37. The number of benzene rings is 3. The molecule has 0 atom stereocenters. The van der Waals surface area contributed by atoms with Gasteiger partial charge in [0.05, 0.1) is 24.3 Å². The van der Waals surface area contributed by atoms with E-state index in [0.717, 1.165) is 53.5 Å². The average Bonchev–Trinajstić information content (AvgIpc) is 3.06. The lowest BCUT2D eigenvalue weighted by atomic mass is 9.94. The number of esters is 2. The highest BCUT2D eigenvalue weighted by atomic mass is 16.5. The first kappa shape index (κ1) is 34.8. The largest absolute Gasteiger partial charge is 0.462 e. The smallest absolute Gasteiger partial charge is 0.338 e. The first-order chi connectivity index (χ1) is 21.6. The highest BCUT2D eigenvalue weighted by molar-refractivity contribution is 5.91. The van der Waals surface area contributed by atoms with Crippen LogP contribution in [0.5, 0.6) is 0 Å². The van der Waals surface area contributed by atoms with E-state index in [1.165, 1.54) is 64.2 Å². The number of ether oxygens (including phenoxy) is 2. The van der Waals surface area contributed by atoms with Crippen LogP contribution in [0.3, 0.4) is 0 Å². The maximum atomic E-state index is 12.5. The Kier molecular flexibility index (Phi) is 16.1. The van der Waals surface area contributed by atoms with Crippen LogP contribution in [0, 0.1) is 0 Å². The Morgan fingerprint density at radius 3 is 1.41 bits per heavy atom. The van der Waals surface area contributed by atoms with E-state index in [1.54, 1.807) is 0 Å². The van der Waals surface area contributed by atoms with Crippen LogP contribution in [0.1, 0.15) is 130 Å². The van der Waals surface area contributed by atoms with Gasteiger partial charge in [-0.2, -0.15) is 0 Å². The first-order valence-corrected chi connectivity index (χ1v) is 16.9. The molecule has 3 aromatic rings. The van der Waals surface area contributed by atoms with Crippen molar-refractivity contribution in [3.05, 3.63) is 90.0 Å². The predicted molar refractivity (Wildman–Crippen MR) is 184 cm³/mol. The standard InChI is InChI=1S/C40H52O4/c1-4-7-9-11-13-15-17-29-43-39(41)35-23-19-33(20-24-35)37-27-28-38(32(6-3)31-37)34-21-25-36(26-22-34)40(42)44-30-18-16-14-12-10-8-5-2/h6,19-28,31H,3-5,7-18,29-30H2,1-2H3. The van der Waals surface area contributed by atoms with Gasteiger partial charge in [0.1, 0.15) is 0 Å². The number of hydrogen-bond donors (Lipinski definition) is 0. The van der Waals surface area contributed by atoms with Crippen molar-refractivity contribution < 1.29 is 19.1 Å². The Morgan fingerprint density at radius 1 is 0.545 bits per heavy atom.